The maximum Gasteiger partial charge on any atom is 0.271 e. The zero-order chi connectivity index (χ0) is 31.7. The lowest BCUT2D eigenvalue weighted by atomic mass is 10.0. The van der Waals surface area contributed by atoms with Crippen molar-refractivity contribution in [2.75, 3.05) is 23.7 Å². The fourth-order valence-electron chi connectivity index (χ4n) is 4.47. The molecular formula is C30H34Cl2N4O6S. The molecular weight excluding hydrogens is 615 g/mol. The first-order valence-electron chi connectivity index (χ1n) is 13.6. The molecule has 0 saturated heterocycles. The Morgan fingerprint density at radius 3 is 2.35 bits per heavy atom. The smallest absolute Gasteiger partial charge is 0.271 e. The number of benzene rings is 3. The van der Waals surface area contributed by atoms with Gasteiger partial charge in [0, 0.05) is 41.7 Å². The highest BCUT2D eigenvalue weighted by Crippen LogP contribution is 2.29. The summed E-state index contributed by atoms with van der Waals surface area (Å²) in [6.45, 7) is 3.14. The highest BCUT2D eigenvalue weighted by molar-refractivity contribution is 7.92. The molecule has 0 aliphatic carbocycles. The monoisotopic (exact) mass is 648 g/mol. The summed E-state index contributed by atoms with van der Waals surface area (Å²) in [5.41, 5.74) is 1.35. The molecule has 0 unspecified atom stereocenters. The molecule has 2 amide bonds. The number of nitrogens with zero attached hydrogens (tertiary/aromatic N) is 3. The quantitative estimate of drug-likeness (QED) is 0.139. The van der Waals surface area contributed by atoms with Crippen LogP contribution >= 0.6 is 23.2 Å². The summed E-state index contributed by atoms with van der Waals surface area (Å²) in [5, 5.41) is 15.0. The van der Waals surface area contributed by atoms with Crippen molar-refractivity contribution in [3.05, 3.63) is 104 Å². The molecule has 0 aliphatic rings. The van der Waals surface area contributed by atoms with E-state index in [1.807, 2.05) is 37.3 Å². The summed E-state index contributed by atoms with van der Waals surface area (Å²) < 4.78 is 26.8. The van der Waals surface area contributed by atoms with Gasteiger partial charge in [-0.3, -0.25) is 24.0 Å². The first-order valence-corrected chi connectivity index (χ1v) is 16.2. The van der Waals surface area contributed by atoms with Gasteiger partial charge in [0.05, 0.1) is 16.9 Å². The fourth-order valence-corrected chi connectivity index (χ4v) is 5.84. The number of rotatable bonds is 14. The van der Waals surface area contributed by atoms with E-state index in [4.69, 9.17) is 23.2 Å². The van der Waals surface area contributed by atoms with Gasteiger partial charge in [0.15, 0.2) is 0 Å². The third kappa shape index (κ3) is 9.41. The number of carbonyl (C=O) groups excluding carboxylic acids is 2. The first kappa shape index (κ1) is 33.8. The van der Waals surface area contributed by atoms with Crippen molar-refractivity contribution >= 4 is 56.4 Å². The maximum absolute atomic E-state index is 14.2. The predicted octanol–water partition coefficient (Wildman–Crippen LogP) is 5.53. The lowest BCUT2D eigenvalue weighted by Gasteiger charge is -2.34. The van der Waals surface area contributed by atoms with Crippen LogP contribution in [0.1, 0.15) is 36.5 Å². The summed E-state index contributed by atoms with van der Waals surface area (Å²) in [6.07, 6.45) is 2.63. The molecule has 43 heavy (non-hydrogen) atoms. The molecule has 10 nitrogen and oxygen atoms in total. The van der Waals surface area contributed by atoms with Crippen LogP contribution in [0.5, 0.6) is 0 Å². The van der Waals surface area contributed by atoms with Crippen molar-refractivity contribution in [2.24, 2.45) is 0 Å². The van der Waals surface area contributed by atoms with Crippen LogP contribution < -0.4 is 9.62 Å². The Bertz CT molecular complexity index is 1570. The molecule has 0 aliphatic heterocycles. The van der Waals surface area contributed by atoms with Crippen LogP contribution in [0.4, 0.5) is 11.4 Å². The van der Waals surface area contributed by atoms with Crippen molar-refractivity contribution in [1.82, 2.24) is 10.2 Å². The molecule has 1 atom stereocenters. The minimum absolute atomic E-state index is 0.0125. The Hall–Kier alpha value is -3.67. The van der Waals surface area contributed by atoms with Crippen molar-refractivity contribution in [3.63, 3.8) is 0 Å². The van der Waals surface area contributed by atoms with Crippen LogP contribution in [0.3, 0.4) is 0 Å². The fraction of sp³-hybridized carbons (Fsp3) is 0.333. The van der Waals surface area contributed by atoms with E-state index in [1.54, 1.807) is 19.1 Å². The number of hydrogen-bond donors (Lipinski definition) is 1. The zero-order valence-electron chi connectivity index (χ0n) is 24.1. The van der Waals surface area contributed by atoms with Gasteiger partial charge in [-0.2, -0.15) is 0 Å². The lowest BCUT2D eigenvalue weighted by Crippen LogP contribution is -2.53. The molecule has 0 radical (unpaired) electrons. The van der Waals surface area contributed by atoms with Crippen LogP contribution in [0, 0.1) is 17.0 Å². The van der Waals surface area contributed by atoms with E-state index < -0.39 is 39.3 Å². The summed E-state index contributed by atoms with van der Waals surface area (Å²) >= 11 is 12.6. The van der Waals surface area contributed by atoms with Crippen LogP contribution in [0.25, 0.3) is 0 Å². The summed E-state index contributed by atoms with van der Waals surface area (Å²) in [4.78, 5) is 40.0. The van der Waals surface area contributed by atoms with Crippen molar-refractivity contribution < 1.29 is 22.9 Å². The predicted molar refractivity (Wildman–Crippen MR) is 169 cm³/mol. The molecule has 1 N–H and O–H groups in total. The largest absolute Gasteiger partial charge is 0.354 e. The first-order chi connectivity index (χ1) is 20.3. The van der Waals surface area contributed by atoms with Gasteiger partial charge in [0.25, 0.3) is 5.69 Å². The number of sulfonamides is 1. The minimum atomic E-state index is -4.10. The number of carbonyl (C=O) groups is 2. The molecule has 0 spiro atoms. The van der Waals surface area contributed by atoms with Gasteiger partial charge < -0.3 is 10.2 Å². The van der Waals surface area contributed by atoms with E-state index in [0.717, 1.165) is 35.0 Å². The number of anilines is 1. The van der Waals surface area contributed by atoms with Gasteiger partial charge in [-0.1, -0.05) is 79.0 Å². The van der Waals surface area contributed by atoms with Crippen LogP contribution in [0.2, 0.25) is 10.0 Å². The Labute approximate surface area is 261 Å². The number of unbranched alkanes of at least 4 members (excludes halogenated alkanes) is 1. The number of halogens is 2. The summed E-state index contributed by atoms with van der Waals surface area (Å²) in [6, 6.07) is 16.7. The normalized spacial score (nSPS) is 11.9. The second-order valence-electron chi connectivity index (χ2n) is 10.1. The Balaban J connectivity index is 2.11. The number of nitrogens with one attached hydrogen (secondary N) is 1. The molecule has 3 aromatic carbocycles. The zero-order valence-corrected chi connectivity index (χ0v) is 26.5. The molecule has 3 rings (SSSR count). The molecule has 230 valence electrons. The van der Waals surface area contributed by atoms with Crippen LogP contribution in [-0.4, -0.2) is 55.4 Å². The average Bonchev–Trinajstić information content (AvgIpc) is 2.95. The minimum Gasteiger partial charge on any atom is -0.354 e. The number of nitro groups is 1. The van der Waals surface area contributed by atoms with E-state index in [2.05, 4.69) is 5.32 Å². The Kier molecular flexibility index (Phi) is 11.9. The number of hydrogen-bond acceptors (Lipinski definition) is 6. The van der Waals surface area contributed by atoms with E-state index in [9.17, 15) is 28.1 Å². The number of amides is 2. The molecule has 0 saturated carbocycles. The van der Waals surface area contributed by atoms with Gasteiger partial charge in [-0.05, 0) is 42.2 Å². The van der Waals surface area contributed by atoms with Gasteiger partial charge in [-0.25, -0.2) is 8.42 Å². The third-order valence-corrected chi connectivity index (χ3v) is 8.52. The molecule has 0 bridgehead atoms. The topological polar surface area (TPSA) is 130 Å². The molecule has 3 aromatic rings. The molecule has 13 heteroatoms. The van der Waals surface area contributed by atoms with E-state index >= 15 is 0 Å². The third-order valence-electron chi connectivity index (χ3n) is 6.81. The highest BCUT2D eigenvalue weighted by Gasteiger charge is 2.34. The van der Waals surface area contributed by atoms with E-state index in [1.165, 1.54) is 23.1 Å². The molecule has 0 fully saturated rings. The van der Waals surface area contributed by atoms with Crippen LogP contribution in [-0.2, 0) is 32.6 Å². The van der Waals surface area contributed by atoms with Gasteiger partial charge >= 0.3 is 0 Å². The second kappa shape index (κ2) is 15.2. The van der Waals surface area contributed by atoms with E-state index in [0.29, 0.717) is 22.7 Å². The van der Waals surface area contributed by atoms with Gasteiger partial charge in [-0.15, -0.1) is 0 Å². The second-order valence-corrected chi connectivity index (χ2v) is 12.9. The number of non-ortho nitro benzene ring substituents is 1. The number of nitro benzene ring substituents is 1. The Morgan fingerprint density at radius 2 is 1.74 bits per heavy atom. The van der Waals surface area contributed by atoms with Crippen LogP contribution in [0.15, 0.2) is 66.7 Å². The van der Waals surface area contributed by atoms with Gasteiger partial charge in [0.1, 0.15) is 12.6 Å². The molecule has 0 aromatic heterocycles. The van der Waals surface area contributed by atoms with Crippen molar-refractivity contribution in [3.8, 4) is 0 Å². The SMILES string of the molecule is CCCCNC(=O)[C@H](Cc1ccccc1)N(Cc1ccc(Cl)cc1Cl)C(=O)CN(c1cc([N+](=O)[O-])ccc1C)S(C)(=O)=O. The number of aryl methyl sites for hydroxylation is 1. The molecule has 0 heterocycles. The van der Waals surface area contributed by atoms with E-state index in [-0.39, 0.29) is 29.4 Å². The lowest BCUT2D eigenvalue weighted by molar-refractivity contribution is -0.384. The standard InChI is InChI=1S/C30H34Cl2N4O6S/c1-4-5-15-33-30(38)28(16-22-9-7-6-8-10-22)34(19-23-12-13-24(31)17-26(23)32)29(37)20-35(43(3,41)42)27-18-25(36(39)40)14-11-21(27)2/h6-14,17-18,28H,4-5,15-16,19-20H2,1-3H3,(H,33,38)/t28-/m0/s1. The van der Waals surface area contributed by atoms with Gasteiger partial charge in [0.2, 0.25) is 21.8 Å². The summed E-state index contributed by atoms with van der Waals surface area (Å²) in [5.74, 6) is -1.11. The summed E-state index contributed by atoms with van der Waals surface area (Å²) in [7, 11) is -4.10. The maximum atomic E-state index is 14.2. The van der Waals surface area contributed by atoms with Crippen molar-refractivity contribution in [2.45, 2.75) is 45.7 Å². The highest BCUT2D eigenvalue weighted by atomic mass is 35.5. The average molecular weight is 650 g/mol. The van der Waals surface area contributed by atoms with Crippen molar-refractivity contribution in [1.29, 1.82) is 0 Å². The Morgan fingerprint density at radius 1 is 1.05 bits per heavy atom.